The molecular formula is C23H24N4O5S2. The van der Waals surface area contributed by atoms with Gasteiger partial charge in [-0.15, -0.1) is 11.3 Å². The molecule has 1 fully saturated rings. The first-order chi connectivity index (χ1) is 16.3. The van der Waals surface area contributed by atoms with Gasteiger partial charge in [-0.1, -0.05) is 37.1 Å². The largest absolute Gasteiger partial charge is 0.354 e. The molecule has 1 aliphatic rings. The summed E-state index contributed by atoms with van der Waals surface area (Å²) in [6.07, 6.45) is 3.88. The van der Waals surface area contributed by atoms with Crippen LogP contribution in [0.2, 0.25) is 0 Å². The average Bonchev–Trinajstić information content (AvgIpc) is 3.14. The van der Waals surface area contributed by atoms with Crippen molar-refractivity contribution in [2.45, 2.75) is 30.6 Å². The summed E-state index contributed by atoms with van der Waals surface area (Å²) < 4.78 is 27.5. The van der Waals surface area contributed by atoms with E-state index in [9.17, 15) is 23.3 Å². The molecule has 0 unspecified atom stereocenters. The number of non-ortho nitro benzene ring substituents is 1. The van der Waals surface area contributed by atoms with Crippen LogP contribution in [0.4, 0.5) is 10.8 Å². The summed E-state index contributed by atoms with van der Waals surface area (Å²) in [4.78, 5) is 27.5. The van der Waals surface area contributed by atoms with Crippen LogP contribution in [0, 0.1) is 10.1 Å². The summed E-state index contributed by atoms with van der Waals surface area (Å²) in [6, 6.07) is 12.3. The molecule has 1 aliphatic heterocycles. The SMILES string of the molecule is O=C(CNc1nc(-c2ccc(S(=O)(=O)N3CCCCCC3)cc2)cs1)c1cccc([N+](=O)[O-])c1. The number of anilines is 1. The summed E-state index contributed by atoms with van der Waals surface area (Å²) in [7, 11) is -3.51. The van der Waals surface area contributed by atoms with E-state index in [1.807, 2.05) is 5.38 Å². The summed E-state index contributed by atoms with van der Waals surface area (Å²) in [6.45, 7) is 1.06. The monoisotopic (exact) mass is 500 g/mol. The Hall–Kier alpha value is -3.15. The minimum atomic E-state index is -3.51. The van der Waals surface area contributed by atoms with Crippen LogP contribution in [0.5, 0.6) is 0 Å². The van der Waals surface area contributed by atoms with Gasteiger partial charge in [0.2, 0.25) is 10.0 Å². The highest BCUT2D eigenvalue weighted by Gasteiger charge is 2.25. The number of Topliss-reactive ketones (excluding diaryl/α,β-unsaturated/α-hetero) is 1. The number of carbonyl (C=O) groups is 1. The Morgan fingerprint density at radius 3 is 2.47 bits per heavy atom. The Balaban J connectivity index is 1.40. The lowest BCUT2D eigenvalue weighted by atomic mass is 10.1. The van der Waals surface area contributed by atoms with Gasteiger partial charge in [0, 0.05) is 41.7 Å². The van der Waals surface area contributed by atoms with Crippen molar-refractivity contribution >= 4 is 38.0 Å². The lowest BCUT2D eigenvalue weighted by molar-refractivity contribution is -0.384. The molecule has 0 radical (unpaired) electrons. The van der Waals surface area contributed by atoms with Crippen molar-refractivity contribution in [1.29, 1.82) is 0 Å². The molecular weight excluding hydrogens is 476 g/mol. The standard InChI is InChI=1S/C23H24N4O5S2/c28-22(18-6-5-7-19(14-18)27(29)30)15-24-23-25-21(16-33-23)17-8-10-20(11-9-17)34(31,32)26-12-3-1-2-4-13-26/h5-11,14,16H,1-4,12-13,15H2,(H,24,25). The van der Waals surface area contributed by atoms with E-state index in [-0.39, 0.29) is 28.5 Å². The topological polar surface area (TPSA) is 123 Å². The maximum Gasteiger partial charge on any atom is 0.270 e. The molecule has 0 atom stereocenters. The van der Waals surface area contributed by atoms with Crippen LogP contribution in [-0.4, -0.2) is 48.0 Å². The predicted octanol–water partition coefficient (Wildman–Crippen LogP) is 4.58. The molecule has 0 amide bonds. The van der Waals surface area contributed by atoms with E-state index in [4.69, 9.17) is 0 Å². The number of hydrogen-bond donors (Lipinski definition) is 1. The molecule has 0 bridgehead atoms. The van der Waals surface area contributed by atoms with Crippen LogP contribution in [0.15, 0.2) is 58.8 Å². The first-order valence-corrected chi connectivity index (χ1v) is 13.2. The Morgan fingerprint density at radius 1 is 1.09 bits per heavy atom. The van der Waals surface area contributed by atoms with Gasteiger partial charge in [0.05, 0.1) is 22.1 Å². The van der Waals surface area contributed by atoms with E-state index < -0.39 is 14.9 Å². The summed E-state index contributed by atoms with van der Waals surface area (Å²) in [5, 5.41) is 16.2. The van der Waals surface area contributed by atoms with Crippen LogP contribution < -0.4 is 5.32 Å². The fourth-order valence-electron chi connectivity index (χ4n) is 3.77. The highest BCUT2D eigenvalue weighted by molar-refractivity contribution is 7.89. The van der Waals surface area contributed by atoms with Crippen molar-refractivity contribution in [3.05, 3.63) is 69.6 Å². The molecule has 34 heavy (non-hydrogen) atoms. The van der Waals surface area contributed by atoms with E-state index in [2.05, 4.69) is 10.3 Å². The smallest absolute Gasteiger partial charge is 0.270 e. The van der Waals surface area contributed by atoms with Gasteiger partial charge < -0.3 is 5.32 Å². The molecule has 2 heterocycles. The number of thiazole rings is 1. The number of ketones is 1. The molecule has 0 spiro atoms. The molecule has 1 N–H and O–H groups in total. The molecule has 4 rings (SSSR count). The molecule has 9 nitrogen and oxygen atoms in total. The zero-order valence-electron chi connectivity index (χ0n) is 18.3. The summed E-state index contributed by atoms with van der Waals surface area (Å²) >= 11 is 1.32. The molecule has 3 aromatic rings. The number of nitro groups is 1. The fourth-order valence-corrected chi connectivity index (χ4v) is 6.00. The van der Waals surface area contributed by atoms with Gasteiger partial charge in [-0.05, 0) is 25.0 Å². The second-order valence-electron chi connectivity index (χ2n) is 7.96. The highest BCUT2D eigenvalue weighted by atomic mass is 32.2. The van der Waals surface area contributed by atoms with Gasteiger partial charge >= 0.3 is 0 Å². The zero-order chi connectivity index (χ0) is 24.1. The van der Waals surface area contributed by atoms with Crippen molar-refractivity contribution in [2.75, 3.05) is 25.0 Å². The normalized spacial score (nSPS) is 14.9. The minimum absolute atomic E-state index is 0.0544. The Bertz CT molecular complexity index is 1280. The van der Waals surface area contributed by atoms with Gasteiger partial charge in [-0.25, -0.2) is 13.4 Å². The van der Waals surface area contributed by atoms with Crippen molar-refractivity contribution in [3.63, 3.8) is 0 Å². The van der Waals surface area contributed by atoms with Crippen LogP contribution >= 0.6 is 11.3 Å². The zero-order valence-corrected chi connectivity index (χ0v) is 20.0. The number of hydrogen-bond acceptors (Lipinski definition) is 8. The van der Waals surface area contributed by atoms with Crippen LogP contribution in [0.25, 0.3) is 11.3 Å². The lowest BCUT2D eigenvalue weighted by Gasteiger charge is -2.19. The number of carbonyl (C=O) groups excluding carboxylic acids is 1. The first-order valence-electron chi connectivity index (χ1n) is 10.9. The summed E-state index contributed by atoms with van der Waals surface area (Å²) in [5.74, 6) is -0.288. The number of sulfonamides is 1. The maximum atomic E-state index is 12.9. The number of rotatable bonds is 8. The van der Waals surface area contributed by atoms with Gasteiger partial charge in [0.15, 0.2) is 10.9 Å². The molecule has 11 heteroatoms. The quantitative estimate of drug-likeness (QED) is 0.273. The second kappa shape index (κ2) is 10.4. The van der Waals surface area contributed by atoms with Gasteiger partial charge in [-0.3, -0.25) is 14.9 Å². The number of nitro benzene ring substituents is 1. The van der Waals surface area contributed by atoms with Crippen molar-refractivity contribution in [1.82, 2.24) is 9.29 Å². The Labute approximate surface area is 201 Å². The molecule has 2 aromatic carbocycles. The third kappa shape index (κ3) is 5.49. The van der Waals surface area contributed by atoms with Crippen molar-refractivity contribution in [3.8, 4) is 11.3 Å². The Morgan fingerprint density at radius 2 is 1.79 bits per heavy atom. The van der Waals surface area contributed by atoms with E-state index in [1.165, 1.54) is 35.6 Å². The van der Waals surface area contributed by atoms with Gasteiger partial charge in [0.1, 0.15) is 0 Å². The van der Waals surface area contributed by atoms with Crippen LogP contribution in [0.3, 0.4) is 0 Å². The lowest BCUT2D eigenvalue weighted by Crippen LogP contribution is -2.31. The van der Waals surface area contributed by atoms with Crippen LogP contribution in [0.1, 0.15) is 36.0 Å². The van der Waals surface area contributed by atoms with Crippen molar-refractivity contribution < 1.29 is 18.1 Å². The number of nitrogens with zero attached hydrogens (tertiary/aromatic N) is 3. The van der Waals surface area contributed by atoms with E-state index >= 15 is 0 Å². The minimum Gasteiger partial charge on any atom is -0.354 e. The number of nitrogens with one attached hydrogen (secondary N) is 1. The molecule has 1 saturated heterocycles. The van der Waals surface area contributed by atoms with Gasteiger partial charge in [0.25, 0.3) is 5.69 Å². The number of benzene rings is 2. The Kier molecular flexibility index (Phi) is 7.35. The predicted molar refractivity (Wildman–Crippen MR) is 131 cm³/mol. The van der Waals surface area contributed by atoms with E-state index in [1.54, 1.807) is 28.6 Å². The van der Waals surface area contributed by atoms with Gasteiger partial charge in [-0.2, -0.15) is 4.31 Å². The molecule has 0 saturated carbocycles. The molecule has 178 valence electrons. The second-order valence-corrected chi connectivity index (χ2v) is 10.8. The first kappa shape index (κ1) is 24.0. The van der Waals surface area contributed by atoms with E-state index in [0.29, 0.717) is 23.9 Å². The molecule has 1 aromatic heterocycles. The maximum absolute atomic E-state index is 12.9. The number of aromatic nitrogens is 1. The van der Waals surface area contributed by atoms with E-state index in [0.717, 1.165) is 31.2 Å². The highest BCUT2D eigenvalue weighted by Crippen LogP contribution is 2.27. The summed E-state index contributed by atoms with van der Waals surface area (Å²) in [5.41, 5.74) is 1.54. The third-order valence-electron chi connectivity index (χ3n) is 5.64. The average molecular weight is 501 g/mol. The van der Waals surface area contributed by atoms with Crippen molar-refractivity contribution in [2.24, 2.45) is 0 Å². The van der Waals surface area contributed by atoms with Crippen LogP contribution in [-0.2, 0) is 10.0 Å². The third-order valence-corrected chi connectivity index (χ3v) is 8.35. The fraction of sp³-hybridized carbons (Fsp3) is 0.304. The molecule has 0 aliphatic carbocycles.